The van der Waals surface area contributed by atoms with E-state index < -0.39 is 35.3 Å². The predicted molar refractivity (Wildman–Crippen MR) is 116 cm³/mol. The molecule has 4 aromatic rings. The van der Waals surface area contributed by atoms with Crippen LogP contribution in [0.4, 0.5) is 27.8 Å². The molecule has 2 aromatic carbocycles. The van der Waals surface area contributed by atoms with Crippen molar-refractivity contribution in [3.63, 3.8) is 0 Å². The number of pyridine rings is 1. The summed E-state index contributed by atoms with van der Waals surface area (Å²) in [5, 5.41) is 5.16. The molecule has 1 amide bonds. The van der Waals surface area contributed by atoms with Gasteiger partial charge in [-0.3, -0.25) is 9.48 Å². The van der Waals surface area contributed by atoms with Gasteiger partial charge in [0.05, 0.1) is 42.1 Å². The van der Waals surface area contributed by atoms with Crippen LogP contribution in [-0.4, -0.2) is 39.2 Å². The van der Waals surface area contributed by atoms with Crippen LogP contribution in [0.3, 0.4) is 0 Å². The Morgan fingerprint density at radius 2 is 1.97 bits per heavy atom. The van der Waals surface area contributed by atoms with E-state index in [1.807, 2.05) is 0 Å². The first-order valence-electron chi connectivity index (χ1n) is 10.4. The average molecular weight is 491 g/mol. The summed E-state index contributed by atoms with van der Waals surface area (Å²) < 4.78 is 75.9. The van der Waals surface area contributed by atoms with Crippen LogP contribution in [0, 0.1) is 11.6 Å². The van der Waals surface area contributed by atoms with Gasteiger partial charge in [0, 0.05) is 36.5 Å². The lowest BCUT2D eigenvalue weighted by atomic mass is 9.94. The molecule has 0 unspecified atom stereocenters. The van der Waals surface area contributed by atoms with Crippen LogP contribution in [0.2, 0.25) is 0 Å². The van der Waals surface area contributed by atoms with E-state index in [1.54, 1.807) is 7.05 Å². The smallest absolute Gasteiger partial charge is 0.382 e. The first-order chi connectivity index (χ1) is 16.5. The zero-order valence-corrected chi connectivity index (χ0v) is 18.5. The molecule has 0 bridgehead atoms. The monoisotopic (exact) mass is 491 g/mol. The lowest BCUT2D eigenvalue weighted by Crippen LogP contribution is -2.37. The zero-order valence-electron chi connectivity index (χ0n) is 18.5. The molecule has 1 aliphatic heterocycles. The standard InChI is InChI=1S/C23H18F5N5O2/c1-32(18-9-35-8-14-10(18)3-4-15(19(14)25)23(26,27)28)22(34)12-5-11-13-7-30-33(2)20(13)21(29)31-17(11)6-16(12)24/h3-7,18H,8-9H2,1-2H3,(H2,29,31)/t18-/m1/s1. The Kier molecular flexibility index (Phi) is 5.16. The minimum absolute atomic E-state index is 0.0970. The van der Waals surface area contributed by atoms with Gasteiger partial charge in [0.15, 0.2) is 0 Å². The number of nitrogens with two attached hydrogens (primary N) is 1. The van der Waals surface area contributed by atoms with Crippen LogP contribution in [0.15, 0.2) is 30.5 Å². The van der Waals surface area contributed by atoms with Crippen LogP contribution in [0.1, 0.15) is 33.1 Å². The van der Waals surface area contributed by atoms with Crippen molar-refractivity contribution >= 4 is 33.5 Å². The molecule has 0 aliphatic carbocycles. The summed E-state index contributed by atoms with van der Waals surface area (Å²) in [7, 11) is 3.02. The number of aromatic nitrogens is 3. The number of benzene rings is 2. The highest BCUT2D eigenvalue weighted by Crippen LogP contribution is 2.38. The van der Waals surface area contributed by atoms with Gasteiger partial charge >= 0.3 is 6.18 Å². The molecule has 0 fully saturated rings. The predicted octanol–water partition coefficient (Wildman–Crippen LogP) is 4.34. The molecule has 2 N–H and O–H groups in total. The number of nitrogens with zero attached hydrogens (tertiary/aromatic N) is 4. The number of carbonyl (C=O) groups excluding carboxylic acids is 1. The number of hydrogen-bond donors (Lipinski definition) is 1. The third kappa shape index (κ3) is 3.55. The van der Waals surface area contributed by atoms with Crippen molar-refractivity contribution in [3.8, 4) is 0 Å². The molecule has 2 aromatic heterocycles. The van der Waals surface area contributed by atoms with Crippen LogP contribution in [0.5, 0.6) is 0 Å². The summed E-state index contributed by atoms with van der Waals surface area (Å²) in [5.74, 6) is -2.92. The number of hydrogen-bond acceptors (Lipinski definition) is 5. The first-order valence-corrected chi connectivity index (χ1v) is 10.4. The van der Waals surface area contributed by atoms with E-state index in [0.29, 0.717) is 22.4 Å². The number of nitrogen functional groups attached to an aromatic ring is 1. The summed E-state index contributed by atoms with van der Waals surface area (Å²) in [4.78, 5) is 18.7. The summed E-state index contributed by atoms with van der Waals surface area (Å²) >= 11 is 0. The maximum atomic E-state index is 15.0. The van der Waals surface area contributed by atoms with Crippen molar-refractivity contribution in [2.45, 2.75) is 18.8 Å². The van der Waals surface area contributed by atoms with Crippen molar-refractivity contribution < 1.29 is 31.5 Å². The molecule has 0 radical (unpaired) electrons. The third-order valence-corrected chi connectivity index (χ3v) is 6.28. The Balaban J connectivity index is 1.57. The topological polar surface area (TPSA) is 86.3 Å². The molecule has 35 heavy (non-hydrogen) atoms. The van der Waals surface area contributed by atoms with Crippen molar-refractivity contribution in [2.24, 2.45) is 7.05 Å². The molecule has 5 rings (SSSR count). The van der Waals surface area contributed by atoms with E-state index in [0.717, 1.165) is 17.0 Å². The molecule has 3 heterocycles. The summed E-state index contributed by atoms with van der Waals surface area (Å²) in [6, 6.07) is 3.25. The Bertz CT molecular complexity index is 1510. The average Bonchev–Trinajstić information content (AvgIpc) is 3.19. The van der Waals surface area contributed by atoms with Gasteiger partial charge in [-0.2, -0.15) is 18.3 Å². The van der Waals surface area contributed by atoms with E-state index >= 15 is 4.39 Å². The number of aryl methyl sites for hydroxylation is 1. The Morgan fingerprint density at radius 3 is 2.69 bits per heavy atom. The zero-order chi connectivity index (χ0) is 25.2. The Morgan fingerprint density at radius 1 is 1.23 bits per heavy atom. The summed E-state index contributed by atoms with van der Waals surface area (Å²) in [6.07, 6.45) is -3.35. The first kappa shape index (κ1) is 23.0. The number of fused-ring (bicyclic) bond motifs is 4. The second-order valence-electron chi connectivity index (χ2n) is 8.32. The number of likely N-dealkylation sites (N-methyl/N-ethyl adjacent to an activating group) is 1. The van der Waals surface area contributed by atoms with Crippen LogP contribution in [0.25, 0.3) is 21.8 Å². The minimum atomic E-state index is -4.88. The number of alkyl halides is 3. The molecule has 0 saturated carbocycles. The minimum Gasteiger partial charge on any atom is -0.382 e. The van der Waals surface area contributed by atoms with Crippen LogP contribution < -0.4 is 5.73 Å². The van der Waals surface area contributed by atoms with Crippen LogP contribution in [-0.2, 0) is 24.6 Å². The molecule has 12 heteroatoms. The van der Waals surface area contributed by atoms with Gasteiger partial charge in [0.1, 0.15) is 23.0 Å². The number of ether oxygens (including phenoxy) is 1. The van der Waals surface area contributed by atoms with E-state index in [-0.39, 0.29) is 41.2 Å². The molecule has 0 saturated heterocycles. The highest BCUT2D eigenvalue weighted by molar-refractivity contribution is 6.10. The van der Waals surface area contributed by atoms with Gasteiger partial charge in [0.25, 0.3) is 5.91 Å². The fraction of sp³-hybridized carbons (Fsp3) is 0.261. The van der Waals surface area contributed by atoms with Crippen molar-refractivity contribution in [1.82, 2.24) is 19.7 Å². The van der Waals surface area contributed by atoms with Gasteiger partial charge in [0.2, 0.25) is 0 Å². The van der Waals surface area contributed by atoms with Gasteiger partial charge in [-0.15, -0.1) is 0 Å². The lowest BCUT2D eigenvalue weighted by molar-refractivity contribution is -0.140. The fourth-order valence-electron chi connectivity index (χ4n) is 4.48. The molecule has 0 spiro atoms. The van der Waals surface area contributed by atoms with Gasteiger partial charge in [-0.25, -0.2) is 13.8 Å². The lowest BCUT2D eigenvalue weighted by Gasteiger charge is -2.34. The summed E-state index contributed by atoms with van der Waals surface area (Å²) in [6.45, 7) is -0.472. The van der Waals surface area contributed by atoms with Gasteiger partial charge in [-0.1, -0.05) is 6.07 Å². The Labute approximate surface area is 194 Å². The number of rotatable bonds is 2. The van der Waals surface area contributed by atoms with E-state index in [9.17, 15) is 22.4 Å². The van der Waals surface area contributed by atoms with Crippen molar-refractivity contribution in [3.05, 3.63) is 64.4 Å². The second-order valence-corrected chi connectivity index (χ2v) is 8.32. The largest absolute Gasteiger partial charge is 0.419 e. The molecular weight excluding hydrogens is 473 g/mol. The van der Waals surface area contributed by atoms with Gasteiger partial charge < -0.3 is 15.4 Å². The maximum absolute atomic E-state index is 15.0. The van der Waals surface area contributed by atoms with E-state index in [4.69, 9.17) is 10.5 Å². The highest BCUT2D eigenvalue weighted by atomic mass is 19.4. The fourth-order valence-corrected chi connectivity index (χ4v) is 4.48. The summed E-state index contributed by atoms with van der Waals surface area (Å²) in [5.41, 5.74) is 4.89. The maximum Gasteiger partial charge on any atom is 0.419 e. The van der Waals surface area contributed by atoms with Gasteiger partial charge in [-0.05, 0) is 17.7 Å². The molecular formula is C23H18F5N5O2. The molecule has 182 valence electrons. The number of halogens is 5. The van der Waals surface area contributed by atoms with E-state index in [1.165, 1.54) is 24.0 Å². The quantitative estimate of drug-likeness (QED) is 0.422. The Hall–Kier alpha value is -3.80. The van der Waals surface area contributed by atoms with Crippen molar-refractivity contribution in [2.75, 3.05) is 19.4 Å². The number of amides is 1. The third-order valence-electron chi connectivity index (χ3n) is 6.28. The molecule has 1 atom stereocenters. The number of anilines is 1. The SMILES string of the molecule is CN(C(=O)c1cc2c(cc1F)nc(N)c1c2cnn1C)[C@@H]1COCc2c1ccc(C(F)(F)F)c2F. The molecule has 1 aliphatic rings. The van der Waals surface area contributed by atoms with Crippen LogP contribution >= 0.6 is 0 Å². The highest BCUT2D eigenvalue weighted by Gasteiger charge is 2.38. The molecule has 7 nitrogen and oxygen atoms in total. The second kappa shape index (κ2) is 7.87. The number of carbonyl (C=O) groups is 1. The normalized spacial score (nSPS) is 16.0. The van der Waals surface area contributed by atoms with Crippen molar-refractivity contribution in [1.29, 1.82) is 0 Å². The van der Waals surface area contributed by atoms with E-state index in [2.05, 4.69) is 10.1 Å².